The van der Waals surface area contributed by atoms with Crippen molar-refractivity contribution >= 4 is 34.5 Å². The molecule has 12 heteroatoms. The number of amides is 1. The van der Waals surface area contributed by atoms with E-state index in [4.69, 9.17) is 16.6 Å². The molecule has 208 valence electrons. The van der Waals surface area contributed by atoms with Crippen LogP contribution in [-0.2, 0) is 0 Å². The van der Waals surface area contributed by atoms with Crippen LogP contribution < -0.4 is 10.6 Å². The molecule has 3 aromatic heterocycles. The van der Waals surface area contributed by atoms with Crippen molar-refractivity contribution < 1.29 is 19.4 Å². The second-order valence-electron chi connectivity index (χ2n) is 10.2. The Hall–Kier alpha value is -4.25. The summed E-state index contributed by atoms with van der Waals surface area (Å²) in [6, 6.07) is 7.21. The molecule has 0 radical (unpaired) electrons. The molecular weight excluding hydrogens is 539 g/mol. The van der Waals surface area contributed by atoms with Crippen molar-refractivity contribution in [3.8, 4) is 22.7 Å². The third-order valence-corrected chi connectivity index (χ3v) is 7.42. The lowest BCUT2D eigenvalue weighted by Gasteiger charge is -2.39. The summed E-state index contributed by atoms with van der Waals surface area (Å²) < 4.78 is 16.4. The average Bonchev–Trinajstić information content (AvgIpc) is 2.90. The van der Waals surface area contributed by atoms with Crippen LogP contribution in [0.3, 0.4) is 0 Å². The first kappa shape index (κ1) is 27.3. The molecule has 0 spiro atoms. The van der Waals surface area contributed by atoms with Crippen molar-refractivity contribution in [1.82, 2.24) is 24.4 Å². The molecule has 40 heavy (non-hydrogen) atoms. The Morgan fingerprint density at radius 1 is 1.20 bits per heavy atom. The van der Waals surface area contributed by atoms with Gasteiger partial charge < -0.3 is 20.0 Å². The molecule has 1 atom stereocenters. The number of benzene rings is 1. The maximum atomic E-state index is 15.0. The van der Waals surface area contributed by atoms with Crippen molar-refractivity contribution in [1.29, 1.82) is 0 Å². The number of carboxylic acid groups (broad SMARTS) is 1. The molecule has 1 aromatic carbocycles. The van der Waals surface area contributed by atoms with Crippen molar-refractivity contribution in [2.75, 3.05) is 24.5 Å². The number of hydrogen-bond donors (Lipinski definition) is 2. The molecule has 4 aromatic rings. The van der Waals surface area contributed by atoms with Gasteiger partial charge in [0.25, 0.3) is 0 Å². The molecular formula is C28H28ClFN6O4. The van der Waals surface area contributed by atoms with E-state index in [1.165, 1.54) is 27.7 Å². The second kappa shape index (κ2) is 10.4. The summed E-state index contributed by atoms with van der Waals surface area (Å²) in [5, 5.41) is 20.0. The molecule has 5 rings (SSSR count). The van der Waals surface area contributed by atoms with Crippen LogP contribution in [0.25, 0.3) is 28.0 Å². The number of halogens is 2. The Labute approximate surface area is 234 Å². The Morgan fingerprint density at radius 2 is 1.95 bits per heavy atom. The molecule has 1 amide bonds. The minimum absolute atomic E-state index is 0.0281. The fourth-order valence-electron chi connectivity index (χ4n) is 5.15. The lowest BCUT2D eigenvalue weighted by molar-refractivity contribution is 0.136. The summed E-state index contributed by atoms with van der Waals surface area (Å²) in [4.78, 5) is 42.3. The van der Waals surface area contributed by atoms with E-state index in [0.29, 0.717) is 29.1 Å². The topological polar surface area (TPSA) is 125 Å². The van der Waals surface area contributed by atoms with Crippen LogP contribution in [0, 0.1) is 12.7 Å². The number of phenols is 1. The number of rotatable bonds is 4. The van der Waals surface area contributed by atoms with E-state index in [2.05, 4.69) is 9.97 Å². The number of aryl methyl sites for hydroxylation is 1. The number of aromatic nitrogens is 4. The summed E-state index contributed by atoms with van der Waals surface area (Å²) in [5.41, 5.74) is 1.52. The average molecular weight is 567 g/mol. The molecule has 0 saturated carbocycles. The lowest BCUT2D eigenvalue weighted by Crippen LogP contribution is -2.54. The van der Waals surface area contributed by atoms with E-state index < -0.39 is 23.3 Å². The standard InChI is InChI=1S/C28H28ClFN6O4/c1-14(2)22-24(15(3)8-9-31-22)36-26-18(12-19(29)23(32-26)17-6-5-7-20(37)21(17)30)25(33-27(36)38)35-11-10-34(28(39)40)13-16(35)4/h5-9,12,14,16,37H,10-11,13H2,1-4H3,(H,39,40). The van der Waals surface area contributed by atoms with Gasteiger partial charge in [-0.15, -0.1) is 0 Å². The second-order valence-corrected chi connectivity index (χ2v) is 10.6. The van der Waals surface area contributed by atoms with Crippen LogP contribution in [0.5, 0.6) is 5.75 Å². The molecule has 4 heterocycles. The minimum Gasteiger partial charge on any atom is -0.505 e. The van der Waals surface area contributed by atoms with Gasteiger partial charge in [0.1, 0.15) is 5.82 Å². The quantitative estimate of drug-likeness (QED) is 0.355. The van der Waals surface area contributed by atoms with E-state index in [1.807, 2.05) is 32.6 Å². The SMILES string of the molecule is Cc1ccnc(C(C)C)c1-n1c(=O)nc(N2CCN(C(=O)O)CC2C)c2cc(Cl)c(-c3cccc(O)c3F)nc21. The number of phenolic OH excluding ortho intramolecular Hbond substituents is 1. The first-order valence-corrected chi connectivity index (χ1v) is 13.2. The molecule has 1 unspecified atom stereocenters. The van der Waals surface area contributed by atoms with Gasteiger partial charge in [0.2, 0.25) is 0 Å². The smallest absolute Gasteiger partial charge is 0.407 e. The molecule has 1 fully saturated rings. The Balaban J connectivity index is 1.85. The Morgan fingerprint density at radius 3 is 2.62 bits per heavy atom. The predicted octanol–water partition coefficient (Wildman–Crippen LogP) is 4.96. The number of carbonyl (C=O) groups is 1. The molecule has 0 aliphatic carbocycles. The number of pyridine rings is 2. The van der Waals surface area contributed by atoms with E-state index in [1.54, 1.807) is 18.3 Å². The highest BCUT2D eigenvalue weighted by Gasteiger charge is 2.31. The number of piperazine rings is 1. The van der Waals surface area contributed by atoms with Gasteiger partial charge >= 0.3 is 11.8 Å². The van der Waals surface area contributed by atoms with Crippen molar-refractivity contribution in [2.45, 2.75) is 39.7 Å². The van der Waals surface area contributed by atoms with Crippen LogP contribution in [0.1, 0.15) is 37.9 Å². The van der Waals surface area contributed by atoms with Crippen molar-refractivity contribution in [3.63, 3.8) is 0 Å². The molecule has 2 N–H and O–H groups in total. The largest absolute Gasteiger partial charge is 0.505 e. The summed E-state index contributed by atoms with van der Waals surface area (Å²) in [6.07, 6.45) is 0.653. The highest BCUT2D eigenvalue weighted by molar-refractivity contribution is 6.33. The molecule has 1 saturated heterocycles. The van der Waals surface area contributed by atoms with Gasteiger partial charge in [0.05, 0.1) is 27.5 Å². The lowest BCUT2D eigenvalue weighted by atomic mass is 10.0. The zero-order valence-electron chi connectivity index (χ0n) is 22.4. The summed E-state index contributed by atoms with van der Waals surface area (Å²) >= 11 is 6.68. The zero-order valence-corrected chi connectivity index (χ0v) is 23.1. The molecule has 0 bridgehead atoms. The van der Waals surface area contributed by atoms with E-state index in [0.717, 1.165) is 5.56 Å². The highest BCUT2D eigenvalue weighted by Crippen LogP contribution is 2.37. The van der Waals surface area contributed by atoms with Crippen LogP contribution >= 0.6 is 11.6 Å². The molecule has 1 aliphatic rings. The van der Waals surface area contributed by atoms with Crippen LogP contribution in [-0.4, -0.2) is 66.4 Å². The van der Waals surface area contributed by atoms with Crippen LogP contribution in [0.15, 0.2) is 41.3 Å². The minimum atomic E-state index is -1.02. The van der Waals surface area contributed by atoms with Gasteiger partial charge in [0, 0.05) is 37.4 Å². The number of anilines is 1. The normalized spacial score (nSPS) is 15.7. The fourth-order valence-corrected chi connectivity index (χ4v) is 5.40. The first-order chi connectivity index (χ1) is 19.0. The fraction of sp³-hybridized carbons (Fsp3) is 0.321. The Kier molecular flexibility index (Phi) is 7.09. The summed E-state index contributed by atoms with van der Waals surface area (Å²) in [7, 11) is 0. The van der Waals surface area contributed by atoms with Gasteiger partial charge in [-0.3, -0.25) is 4.98 Å². The maximum absolute atomic E-state index is 15.0. The number of fused-ring (bicyclic) bond motifs is 1. The van der Waals surface area contributed by atoms with E-state index >= 15 is 4.39 Å². The number of hydrogen-bond acceptors (Lipinski definition) is 7. The third-order valence-electron chi connectivity index (χ3n) is 7.13. The monoisotopic (exact) mass is 566 g/mol. The van der Waals surface area contributed by atoms with Crippen molar-refractivity contribution in [2.24, 2.45) is 0 Å². The van der Waals surface area contributed by atoms with Gasteiger partial charge in [-0.2, -0.15) is 4.98 Å². The third kappa shape index (κ3) is 4.60. The van der Waals surface area contributed by atoms with Gasteiger partial charge in [-0.25, -0.2) is 23.5 Å². The van der Waals surface area contributed by atoms with E-state index in [9.17, 15) is 19.8 Å². The number of nitrogens with zero attached hydrogens (tertiary/aromatic N) is 6. The van der Waals surface area contributed by atoms with Gasteiger partial charge in [-0.05, 0) is 49.6 Å². The maximum Gasteiger partial charge on any atom is 0.407 e. The summed E-state index contributed by atoms with van der Waals surface area (Å²) in [5.74, 6) is -1.19. The van der Waals surface area contributed by atoms with E-state index in [-0.39, 0.29) is 47.0 Å². The first-order valence-electron chi connectivity index (χ1n) is 12.8. The van der Waals surface area contributed by atoms with Crippen molar-refractivity contribution in [3.05, 3.63) is 69.1 Å². The van der Waals surface area contributed by atoms with Gasteiger partial charge in [0.15, 0.2) is 17.2 Å². The zero-order chi connectivity index (χ0) is 28.9. The predicted molar refractivity (Wildman–Crippen MR) is 150 cm³/mol. The highest BCUT2D eigenvalue weighted by atomic mass is 35.5. The Bertz CT molecular complexity index is 1710. The molecule has 10 nitrogen and oxygen atoms in total. The number of aromatic hydroxyl groups is 1. The van der Waals surface area contributed by atoms with Crippen LogP contribution in [0.4, 0.5) is 15.0 Å². The van der Waals surface area contributed by atoms with Crippen LogP contribution in [0.2, 0.25) is 5.02 Å². The molecule has 1 aliphatic heterocycles. The summed E-state index contributed by atoms with van der Waals surface area (Å²) in [6.45, 7) is 8.36. The van der Waals surface area contributed by atoms with Gasteiger partial charge in [-0.1, -0.05) is 31.5 Å².